The molecule has 1 aliphatic heterocycles. The van der Waals surface area contributed by atoms with Crippen LogP contribution in [0.2, 0.25) is 0 Å². The summed E-state index contributed by atoms with van der Waals surface area (Å²) in [6, 6.07) is 14.7. The van der Waals surface area contributed by atoms with E-state index in [1.807, 2.05) is 6.08 Å². The van der Waals surface area contributed by atoms with Gasteiger partial charge in [-0.3, -0.25) is 9.59 Å². The van der Waals surface area contributed by atoms with Gasteiger partial charge in [0.1, 0.15) is 0 Å². The molecule has 28 heavy (non-hydrogen) atoms. The van der Waals surface area contributed by atoms with Crippen LogP contribution < -0.4 is 5.73 Å². The summed E-state index contributed by atoms with van der Waals surface area (Å²) in [7, 11) is 0. The normalized spacial score (nSPS) is 15.7. The number of likely N-dealkylation sites (tertiary alicyclic amines) is 1. The first-order chi connectivity index (χ1) is 13.6. The fourth-order valence-electron chi connectivity index (χ4n) is 4.17. The molecule has 2 aromatic carbocycles. The third-order valence-corrected chi connectivity index (χ3v) is 5.74. The Balaban J connectivity index is 1.56. The second kappa shape index (κ2) is 7.50. The third kappa shape index (κ3) is 3.28. The Morgan fingerprint density at radius 2 is 1.79 bits per heavy atom. The van der Waals surface area contributed by atoms with Crippen LogP contribution in [0.3, 0.4) is 0 Å². The average molecular weight is 375 g/mol. The lowest BCUT2D eigenvalue weighted by Gasteiger charge is -2.29. The first-order valence-corrected chi connectivity index (χ1v) is 9.85. The minimum absolute atomic E-state index is 0.0148. The highest BCUT2D eigenvalue weighted by Crippen LogP contribution is 2.30. The second-order valence-electron chi connectivity index (χ2n) is 7.37. The van der Waals surface area contributed by atoms with Gasteiger partial charge < -0.3 is 15.2 Å². The Morgan fingerprint density at radius 1 is 1.07 bits per heavy atom. The van der Waals surface area contributed by atoms with Crippen molar-refractivity contribution in [2.45, 2.75) is 26.3 Å². The lowest BCUT2D eigenvalue weighted by Crippen LogP contribution is -2.41. The number of piperidine rings is 1. The van der Waals surface area contributed by atoms with Crippen molar-refractivity contribution in [1.82, 2.24) is 9.47 Å². The molecule has 4 rings (SSSR count). The molecule has 2 heterocycles. The summed E-state index contributed by atoms with van der Waals surface area (Å²) in [4.78, 5) is 25.6. The molecule has 144 valence electrons. The van der Waals surface area contributed by atoms with Crippen LogP contribution in [0.5, 0.6) is 0 Å². The van der Waals surface area contributed by atoms with Crippen LogP contribution in [0, 0.1) is 5.92 Å². The summed E-state index contributed by atoms with van der Waals surface area (Å²) < 4.78 is 2.31. The summed E-state index contributed by atoms with van der Waals surface area (Å²) in [5.74, 6) is -0.382. The highest BCUT2D eigenvalue weighted by atomic mass is 16.2. The zero-order valence-corrected chi connectivity index (χ0v) is 16.1. The number of rotatable bonds is 4. The van der Waals surface area contributed by atoms with Gasteiger partial charge in [-0.2, -0.15) is 0 Å². The number of primary amides is 1. The van der Waals surface area contributed by atoms with Crippen molar-refractivity contribution in [1.29, 1.82) is 0 Å². The fraction of sp³-hybridized carbons (Fsp3) is 0.304. The van der Waals surface area contributed by atoms with E-state index in [0.717, 1.165) is 12.1 Å². The van der Waals surface area contributed by atoms with E-state index in [9.17, 15) is 9.59 Å². The molecule has 2 N–H and O–H groups in total. The highest BCUT2D eigenvalue weighted by Gasteiger charge is 2.24. The van der Waals surface area contributed by atoms with Gasteiger partial charge in [0.05, 0.1) is 0 Å². The minimum atomic E-state index is -0.262. The van der Waals surface area contributed by atoms with Gasteiger partial charge in [-0.15, -0.1) is 0 Å². The van der Waals surface area contributed by atoms with E-state index >= 15 is 0 Å². The van der Waals surface area contributed by atoms with Crippen molar-refractivity contribution in [2.24, 2.45) is 11.7 Å². The number of benzene rings is 2. The number of nitrogens with zero attached hydrogens (tertiary/aromatic N) is 2. The molecule has 0 atom stereocenters. The summed E-state index contributed by atoms with van der Waals surface area (Å²) >= 11 is 0. The molecular weight excluding hydrogens is 350 g/mol. The Morgan fingerprint density at radius 3 is 2.50 bits per heavy atom. The monoisotopic (exact) mass is 375 g/mol. The molecule has 5 nitrogen and oxygen atoms in total. The number of para-hydroxylation sites is 1. The van der Waals surface area contributed by atoms with E-state index in [1.165, 1.54) is 21.8 Å². The van der Waals surface area contributed by atoms with E-state index in [1.54, 1.807) is 11.0 Å². The minimum Gasteiger partial charge on any atom is -0.369 e. The van der Waals surface area contributed by atoms with Crippen LogP contribution >= 0.6 is 0 Å². The highest BCUT2D eigenvalue weighted by molar-refractivity contribution is 6.08. The second-order valence-corrected chi connectivity index (χ2v) is 7.37. The molecule has 1 saturated heterocycles. The standard InChI is InChI=1S/C23H25N3O2/c1-2-26-20-6-4-3-5-18(20)19-15-16(7-9-21(19)26)8-10-22(27)25-13-11-17(12-14-25)23(24)28/h3-10,15,17H,2,11-14H2,1H3,(H2,24,28)/b10-8+. The van der Waals surface area contributed by atoms with Gasteiger partial charge in [-0.25, -0.2) is 0 Å². The molecule has 0 unspecified atom stereocenters. The van der Waals surface area contributed by atoms with Crippen LogP contribution in [-0.4, -0.2) is 34.4 Å². The Labute approximate surface area is 164 Å². The van der Waals surface area contributed by atoms with Gasteiger partial charge >= 0.3 is 0 Å². The maximum absolute atomic E-state index is 12.5. The van der Waals surface area contributed by atoms with E-state index in [-0.39, 0.29) is 17.7 Å². The molecule has 0 aliphatic carbocycles. The van der Waals surface area contributed by atoms with Crippen molar-refractivity contribution in [3.05, 3.63) is 54.1 Å². The first kappa shape index (κ1) is 18.3. The Kier molecular flexibility index (Phi) is 4.90. The quantitative estimate of drug-likeness (QED) is 0.709. The van der Waals surface area contributed by atoms with Crippen molar-refractivity contribution in [3.8, 4) is 0 Å². The Bertz CT molecular complexity index is 1070. The molecule has 1 fully saturated rings. The number of nitrogens with two attached hydrogens (primary N) is 1. The van der Waals surface area contributed by atoms with E-state index in [2.05, 4.69) is 54.0 Å². The maximum atomic E-state index is 12.5. The van der Waals surface area contributed by atoms with Gasteiger partial charge in [-0.1, -0.05) is 24.3 Å². The van der Waals surface area contributed by atoms with Gasteiger partial charge in [0.15, 0.2) is 0 Å². The topological polar surface area (TPSA) is 68.3 Å². The van der Waals surface area contributed by atoms with Crippen molar-refractivity contribution >= 4 is 39.7 Å². The van der Waals surface area contributed by atoms with E-state index in [4.69, 9.17) is 5.73 Å². The average Bonchev–Trinajstić information content (AvgIpc) is 3.05. The van der Waals surface area contributed by atoms with Crippen LogP contribution in [0.15, 0.2) is 48.5 Å². The maximum Gasteiger partial charge on any atom is 0.246 e. The number of hydrogen-bond acceptors (Lipinski definition) is 2. The van der Waals surface area contributed by atoms with Gasteiger partial charge in [0.25, 0.3) is 0 Å². The van der Waals surface area contributed by atoms with Crippen LogP contribution in [0.4, 0.5) is 0 Å². The van der Waals surface area contributed by atoms with Gasteiger partial charge in [-0.05, 0) is 49.6 Å². The summed E-state index contributed by atoms with van der Waals surface area (Å²) in [6.45, 7) is 4.23. The van der Waals surface area contributed by atoms with Crippen molar-refractivity contribution < 1.29 is 9.59 Å². The lowest BCUT2D eigenvalue weighted by molar-refractivity contribution is -0.130. The zero-order valence-electron chi connectivity index (χ0n) is 16.1. The number of carbonyl (C=O) groups excluding carboxylic acids is 2. The molecular formula is C23H25N3O2. The number of aryl methyl sites for hydroxylation is 1. The molecule has 0 radical (unpaired) electrons. The smallest absolute Gasteiger partial charge is 0.246 e. The van der Waals surface area contributed by atoms with E-state index < -0.39 is 0 Å². The molecule has 5 heteroatoms. The third-order valence-electron chi connectivity index (χ3n) is 5.74. The summed E-state index contributed by atoms with van der Waals surface area (Å²) in [6.07, 6.45) is 4.81. The lowest BCUT2D eigenvalue weighted by atomic mass is 9.96. The zero-order chi connectivity index (χ0) is 19.7. The van der Waals surface area contributed by atoms with Gasteiger partial charge in [0.2, 0.25) is 11.8 Å². The number of amides is 2. The predicted octanol–water partition coefficient (Wildman–Crippen LogP) is 3.55. The molecule has 0 spiro atoms. The predicted molar refractivity (Wildman–Crippen MR) is 113 cm³/mol. The van der Waals surface area contributed by atoms with Crippen molar-refractivity contribution in [2.75, 3.05) is 13.1 Å². The fourth-order valence-corrected chi connectivity index (χ4v) is 4.17. The number of carbonyl (C=O) groups is 2. The Hall–Kier alpha value is -3.08. The van der Waals surface area contributed by atoms with Crippen LogP contribution in [0.25, 0.3) is 27.9 Å². The molecule has 2 amide bonds. The number of fused-ring (bicyclic) bond motifs is 3. The summed E-state index contributed by atoms with van der Waals surface area (Å²) in [5.41, 5.74) is 8.81. The van der Waals surface area contributed by atoms with Crippen LogP contribution in [-0.2, 0) is 16.1 Å². The van der Waals surface area contributed by atoms with Gasteiger partial charge in [0, 0.05) is 53.4 Å². The molecule has 1 aromatic heterocycles. The molecule has 0 saturated carbocycles. The largest absolute Gasteiger partial charge is 0.369 e. The van der Waals surface area contributed by atoms with Crippen LogP contribution in [0.1, 0.15) is 25.3 Å². The molecule has 1 aliphatic rings. The summed E-state index contributed by atoms with van der Waals surface area (Å²) in [5, 5.41) is 2.43. The molecule has 0 bridgehead atoms. The van der Waals surface area contributed by atoms with E-state index in [0.29, 0.717) is 25.9 Å². The van der Waals surface area contributed by atoms with Crippen molar-refractivity contribution in [3.63, 3.8) is 0 Å². The number of hydrogen-bond donors (Lipinski definition) is 1. The first-order valence-electron chi connectivity index (χ1n) is 9.85. The number of aromatic nitrogens is 1. The SMILES string of the molecule is CCn1c2ccccc2c2cc(/C=C/C(=O)N3CCC(C(N)=O)CC3)ccc21. The molecule has 3 aromatic rings.